The topological polar surface area (TPSA) is 75.7 Å². The number of nitrogens with zero attached hydrogens (tertiary/aromatic N) is 1. The van der Waals surface area contributed by atoms with E-state index in [0.717, 1.165) is 31.2 Å². The second-order valence-electron chi connectivity index (χ2n) is 7.02. The lowest BCUT2D eigenvalue weighted by atomic mass is 9.87. The number of nitrogens with one attached hydrogen (secondary N) is 1. The molecule has 6 heteroatoms. The molecule has 1 saturated carbocycles. The van der Waals surface area contributed by atoms with Crippen LogP contribution < -0.4 is 5.32 Å². The summed E-state index contributed by atoms with van der Waals surface area (Å²) < 4.78 is 5.30. The zero-order chi connectivity index (χ0) is 18.4. The number of hydrogen-bond acceptors (Lipinski definition) is 4. The van der Waals surface area contributed by atoms with Gasteiger partial charge >= 0.3 is 5.97 Å². The maximum atomic E-state index is 12.9. The fourth-order valence-corrected chi connectivity index (χ4v) is 3.72. The molecule has 0 aromatic heterocycles. The van der Waals surface area contributed by atoms with Crippen molar-refractivity contribution in [3.05, 3.63) is 35.9 Å². The van der Waals surface area contributed by atoms with Gasteiger partial charge in [-0.25, -0.2) is 0 Å². The second-order valence-corrected chi connectivity index (χ2v) is 7.02. The van der Waals surface area contributed by atoms with E-state index in [1.54, 1.807) is 4.90 Å². The first-order valence-electron chi connectivity index (χ1n) is 9.43. The van der Waals surface area contributed by atoms with Gasteiger partial charge < -0.3 is 15.0 Å². The predicted molar refractivity (Wildman–Crippen MR) is 95.9 cm³/mol. The molecule has 26 heavy (non-hydrogen) atoms. The fraction of sp³-hybridized carbons (Fsp3) is 0.550. The molecule has 0 radical (unpaired) electrons. The maximum Gasteiger partial charge on any atom is 0.308 e. The molecule has 3 rings (SSSR count). The summed E-state index contributed by atoms with van der Waals surface area (Å²) in [5, 5.41) is 2.76. The van der Waals surface area contributed by atoms with Crippen molar-refractivity contribution < 1.29 is 19.1 Å². The van der Waals surface area contributed by atoms with E-state index >= 15 is 0 Å². The van der Waals surface area contributed by atoms with Crippen LogP contribution in [-0.2, 0) is 25.7 Å². The minimum Gasteiger partial charge on any atom is -0.461 e. The Kier molecular flexibility index (Phi) is 6.26. The summed E-state index contributed by atoms with van der Waals surface area (Å²) in [6.07, 6.45) is 4.93. The molecule has 6 nitrogen and oxygen atoms in total. The first-order chi connectivity index (χ1) is 12.6. The first-order valence-corrected chi connectivity index (χ1v) is 9.43. The number of carbonyl (C=O) groups is 3. The summed E-state index contributed by atoms with van der Waals surface area (Å²) in [6, 6.07) is 8.64. The van der Waals surface area contributed by atoms with Crippen LogP contribution in [-0.4, -0.2) is 41.8 Å². The van der Waals surface area contributed by atoms with E-state index in [0.29, 0.717) is 13.1 Å². The molecule has 1 heterocycles. The molecule has 2 aliphatic rings. The Morgan fingerprint density at radius 3 is 2.58 bits per heavy atom. The number of carbonyl (C=O) groups excluding carboxylic acids is 3. The van der Waals surface area contributed by atoms with E-state index in [1.807, 2.05) is 30.3 Å². The highest BCUT2D eigenvalue weighted by Crippen LogP contribution is 2.27. The summed E-state index contributed by atoms with van der Waals surface area (Å²) in [5.74, 6) is -0.729. The Morgan fingerprint density at radius 1 is 1.12 bits per heavy atom. The molecular weight excluding hydrogens is 332 g/mol. The Labute approximate surface area is 153 Å². The van der Waals surface area contributed by atoms with Gasteiger partial charge in [-0.2, -0.15) is 0 Å². The van der Waals surface area contributed by atoms with E-state index in [9.17, 15) is 14.4 Å². The Morgan fingerprint density at radius 2 is 1.85 bits per heavy atom. The molecule has 1 atom stereocenters. The van der Waals surface area contributed by atoms with Crippen LogP contribution in [0.1, 0.15) is 44.1 Å². The number of rotatable bonds is 5. The van der Waals surface area contributed by atoms with E-state index < -0.39 is 12.0 Å². The van der Waals surface area contributed by atoms with Crippen LogP contribution in [0.25, 0.3) is 0 Å². The summed E-state index contributed by atoms with van der Waals surface area (Å²) in [4.78, 5) is 39.0. The molecule has 1 aromatic carbocycles. The molecule has 2 fully saturated rings. The van der Waals surface area contributed by atoms with Crippen molar-refractivity contribution in [1.29, 1.82) is 0 Å². The smallest absolute Gasteiger partial charge is 0.308 e. The number of piperazine rings is 1. The van der Waals surface area contributed by atoms with Crippen LogP contribution in [0.4, 0.5) is 0 Å². The molecule has 1 aliphatic carbocycles. The average molecular weight is 358 g/mol. The second kappa shape index (κ2) is 8.83. The van der Waals surface area contributed by atoms with Crippen LogP contribution in [0.2, 0.25) is 0 Å². The van der Waals surface area contributed by atoms with Crippen molar-refractivity contribution >= 4 is 17.8 Å². The standard InChI is InChI=1S/C20H26N2O4/c23-18(26-14-15-7-3-1-4-8-15)13-17-19(24)21-11-12-22(17)20(25)16-9-5-2-6-10-16/h1,3-4,7-8,16-17H,2,5-6,9-14H2,(H,21,24). The molecule has 0 bridgehead atoms. The van der Waals surface area contributed by atoms with Gasteiger partial charge in [-0.15, -0.1) is 0 Å². The van der Waals surface area contributed by atoms with Crippen LogP contribution in [0.15, 0.2) is 30.3 Å². The van der Waals surface area contributed by atoms with E-state index in [1.165, 1.54) is 6.42 Å². The normalized spacial score (nSPS) is 21.2. The number of amides is 2. The average Bonchev–Trinajstić information content (AvgIpc) is 2.69. The third-order valence-corrected chi connectivity index (χ3v) is 5.17. The minimum atomic E-state index is -0.763. The lowest BCUT2D eigenvalue weighted by Crippen LogP contribution is -2.59. The molecule has 1 unspecified atom stereocenters. The van der Waals surface area contributed by atoms with E-state index in [4.69, 9.17) is 4.74 Å². The van der Waals surface area contributed by atoms with Crippen molar-refractivity contribution in [3.8, 4) is 0 Å². The lowest BCUT2D eigenvalue weighted by molar-refractivity contribution is -0.154. The van der Waals surface area contributed by atoms with Gasteiger partial charge in [0.25, 0.3) is 0 Å². The molecule has 1 aromatic rings. The molecule has 1 saturated heterocycles. The number of esters is 1. The number of ether oxygens (including phenoxy) is 1. The highest BCUT2D eigenvalue weighted by Gasteiger charge is 2.37. The zero-order valence-corrected chi connectivity index (χ0v) is 15.0. The molecule has 1 aliphatic heterocycles. The quantitative estimate of drug-likeness (QED) is 0.817. The van der Waals surface area contributed by atoms with Crippen molar-refractivity contribution in [2.24, 2.45) is 5.92 Å². The Hall–Kier alpha value is -2.37. The summed E-state index contributed by atoms with van der Waals surface area (Å²) in [7, 11) is 0. The van der Waals surface area contributed by atoms with Crippen molar-refractivity contribution in [1.82, 2.24) is 10.2 Å². The van der Waals surface area contributed by atoms with Crippen molar-refractivity contribution in [3.63, 3.8) is 0 Å². The molecule has 2 amide bonds. The van der Waals surface area contributed by atoms with Gasteiger partial charge in [-0.1, -0.05) is 49.6 Å². The third kappa shape index (κ3) is 4.62. The summed E-state index contributed by atoms with van der Waals surface area (Å²) >= 11 is 0. The van der Waals surface area contributed by atoms with Gasteiger partial charge in [0, 0.05) is 19.0 Å². The molecule has 0 spiro atoms. The molecular formula is C20H26N2O4. The number of benzene rings is 1. The van der Waals surface area contributed by atoms with Gasteiger partial charge in [0.15, 0.2) is 0 Å². The highest BCUT2D eigenvalue weighted by molar-refractivity contribution is 5.92. The Balaban J connectivity index is 1.59. The van der Waals surface area contributed by atoms with E-state index in [-0.39, 0.29) is 30.8 Å². The van der Waals surface area contributed by atoms with Crippen molar-refractivity contribution in [2.75, 3.05) is 13.1 Å². The third-order valence-electron chi connectivity index (χ3n) is 5.17. The first kappa shape index (κ1) is 18.4. The van der Waals surface area contributed by atoms with Crippen molar-refractivity contribution in [2.45, 2.75) is 51.2 Å². The van der Waals surface area contributed by atoms with Crippen LogP contribution in [0, 0.1) is 5.92 Å². The predicted octanol–water partition coefficient (Wildman–Crippen LogP) is 2.03. The fourth-order valence-electron chi connectivity index (χ4n) is 3.72. The molecule has 1 N–H and O–H groups in total. The number of hydrogen-bond donors (Lipinski definition) is 1. The Bertz CT molecular complexity index is 640. The summed E-state index contributed by atoms with van der Waals surface area (Å²) in [6.45, 7) is 1.06. The van der Waals surface area contributed by atoms with Gasteiger partial charge in [-0.05, 0) is 18.4 Å². The van der Waals surface area contributed by atoms with Gasteiger partial charge in [0.1, 0.15) is 12.6 Å². The SMILES string of the molecule is O=C(CC1C(=O)NCCN1C(=O)C1CCCCC1)OCc1ccccc1. The minimum absolute atomic E-state index is 0.0143. The summed E-state index contributed by atoms with van der Waals surface area (Å²) in [5.41, 5.74) is 0.893. The molecule has 140 valence electrons. The van der Waals surface area contributed by atoms with Gasteiger partial charge in [0.05, 0.1) is 6.42 Å². The van der Waals surface area contributed by atoms with Crippen LogP contribution >= 0.6 is 0 Å². The lowest BCUT2D eigenvalue weighted by Gasteiger charge is -2.37. The van der Waals surface area contributed by atoms with Gasteiger partial charge in [0.2, 0.25) is 11.8 Å². The van der Waals surface area contributed by atoms with Gasteiger partial charge in [-0.3, -0.25) is 14.4 Å². The van der Waals surface area contributed by atoms with Crippen LogP contribution in [0.3, 0.4) is 0 Å². The highest BCUT2D eigenvalue weighted by atomic mass is 16.5. The monoisotopic (exact) mass is 358 g/mol. The maximum absolute atomic E-state index is 12.9. The zero-order valence-electron chi connectivity index (χ0n) is 15.0. The largest absolute Gasteiger partial charge is 0.461 e. The van der Waals surface area contributed by atoms with Crippen LogP contribution in [0.5, 0.6) is 0 Å². The van der Waals surface area contributed by atoms with E-state index in [2.05, 4.69) is 5.32 Å².